The summed E-state index contributed by atoms with van der Waals surface area (Å²) in [6.45, 7) is 2.08. The molecule has 2 aromatic rings. The largest absolute Gasteiger partial charge is 0.377 e. The number of halogens is 4. The van der Waals surface area contributed by atoms with Crippen LogP contribution in [-0.4, -0.2) is 36.9 Å². The van der Waals surface area contributed by atoms with Gasteiger partial charge in [0.15, 0.2) is 5.60 Å². The van der Waals surface area contributed by atoms with Crippen molar-refractivity contribution in [1.29, 1.82) is 5.41 Å². The van der Waals surface area contributed by atoms with Gasteiger partial charge in [-0.2, -0.15) is 8.78 Å². The Labute approximate surface area is 127 Å². The average molecular weight is 329 g/mol. The lowest BCUT2D eigenvalue weighted by Gasteiger charge is -2.35. The molecule has 1 atom stereocenters. The van der Waals surface area contributed by atoms with Crippen molar-refractivity contribution in [3.05, 3.63) is 54.4 Å². The van der Waals surface area contributed by atoms with E-state index in [9.17, 15) is 22.7 Å². The van der Waals surface area contributed by atoms with E-state index in [0.29, 0.717) is 18.2 Å². The van der Waals surface area contributed by atoms with Gasteiger partial charge in [-0.05, 0) is 28.6 Å². The van der Waals surface area contributed by atoms with Crippen LogP contribution in [0.1, 0.15) is 5.56 Å². The summed E-state index contributed by atoms with van der Waals surface area (Å²) in [5.74, 6) is -6.63. The lowest BCUT2D eigenvalue weighted by Crippen LogP contribution is -2.53. The molecule has 1 heterocycles. The smallest absolute Gasteiger partial charge is 0.323 e. The normalized spacial score (nSPS) is 14.3. The van der Waals surface area contributed by atoms with Crippen LogP contribution in [0.2, 0.25) is 0 Å². The molecule has 1 unspecified atom stereocenters. The van der Waals surface area contributed by atoms with Crippen molar-refractivity contribution in [2.75, 3.05) is 0 Å². The molecule has 0 aliphatic carbocycles. The number of nitrogens with zero attached hydrogens (tertiary/aromatic N) is 4. The molecule has 0 saturated heterocycles. The van der Waals surface area contributed by atoms with Gasteiger partial charge >= 0.3 is 5.92 Å². The number of aliphatic hydroxyl groups is 1. The quantitative estimate of drug-likeness (QED) is 0.623. The SMILES string of the molecule is C=CC(=N)C(F)(F)C(O)(Cn1cnnn1)c1ccc(F)cc1F. The Bertz CT molecular complexity index is 734. The maximum absolute atomic E-state index is 14.5. The maximum Gasteiger partial charge on any atom is 0.323 e. The molecule has 0 bridgehead atoms. The first kappa shape index (κ1) is 16.7. The van der Waals surface area contributed by atoms with Gasteiger partial charge in [0.2, 0.25) is 0 Å². The first-order valence-electron chi connectivity index (χ1n) is 6.20. The van der Waals surface area contributed by atoms with E-state index in [-0.39, 0.29) is 0 Å². The molecule has 0 fully saturated rings. The van der Waals surface area contributed by atoms with E-state index in [4.69, 9.17) is 5.41 Å². The van der Waals surface area contributed by atoms with Crippen LogP contribution in [0.25, 0.3) is 0 Å². The Balaban J connectivity index is 2.63. The van der Waals surface area contributed by atoms with Crippen molar-refractivity contribution in [2.24, 2.45) is 0 Å². The molecule has 0 amide bonds. The Kier molecular flexibility index (Phi) is 4.28. The zero-order valence-corrected chi connectivity index (χ0v) is 11.5. The third kappa shape index (κ3) is 2.84. The molecule has 0 saturated carbocycles. The van der Waals surface area contributed by atoms with Crippen LogP contribution in [0.4, 0.5) is 17.6 Å². The topological polar surface area (TPSA) is 87.7 Å². The van der Waals surface area contributed by atoms with Gasteiger partial charge in [-0.15, -0.1) is 5.10 Å². The van der Waals surface area contributed by atoms with Crippen molar-refractivity contribution in [3.63, 3.8) is 0 Å². The zero-order valence-electron chi connectivity index (χ0n) is 11.5. The summed E-state index contributed by atoms with van der Waals surface area (Å²) in [4.78, 5) is 0. The van der Waals surface area contributed by atoms with Gasteiger partial charge in [0.25, 0.3) is 0 Å². The van der Waals surface area contributed by atoms with Crippen molar-refractivity contribution in [2.45, 2.75) is 18.1 Å². The fourth-order valence-electron chi connectivity index (χ4n) is 2.02. The van der Waals surface area contributed by atoms with Gasteiger partial charge in [-0.25, -0.2) is 13.5 Å². The summed E-state index contributed by atoms with van der Waals surface area (Å²) in [5.41, 5.74) is -5.46. The van der Waals surface area contributed by atoms with Crippen LogP contribution in [0.5, 0.6) is 0 Å². The molecule has 10 heteroatoms. The Hall–Kier alpha value is -2.62. The van der Waals surface area contributed by atoms with E-state index < -0.39 is 41.0 Å². The number of aromatic nitrogens is 4. The Morgan fingerprint density at radius 1 is 1.39 bits per heavy atom. The molecule has 0 radical (unpaired) electrons. The van der Waals surface area contributed by atoms with E-state index in [1.165, 1.54) is 0 Å². The molecule has 2 N–H and O–H groups in total. The standard InChI is InChI=1S/C13H11F4N5O/c1-2-11(18)13(16,17)12(23,6-22-7-19-20-21-22)9-4-3-8(14)5-10(9)15/h2-5,7,18,23H,1,6H2. The number of benzene rings is 1. The predicted molar refractivity (Wildman–Crippen MR) is 70.9 cm³/mol. The highest BCUT2D eigenvalue weighted by Crippen LogP contribution is 2.41. The number of alkyl halides is 2. The highest BCUT2D eigenvalue weighted by atomic mass is 19.3. The second-order valence-corrected chi connectivity index (χ2v) is 4.68. The number of nitrogens with one attached hydrogen (secondary N) is 1. The molecule has 0 aliphatic heterocycles. The molecular formula is C13H11F4N5O. The molecule has 122 valence electrons. The van der Waals surface area contributed by atoms with Crippen molar-refractivity contribution < 1.29 is 22.7 Å². The number of hydrogen-bond donors (Lipinski definition) is 2. The molecule has 1 aromatic carbocycles. The van der Waals surface area contributed by atoms with E-state index in [2.05, 4.69) is 22.1 Å². The van der Waals surface area contributed by atoms with Gasteiger partial charge in [-0.1, -0.05) is 6.58 Å². The summed E-state index contributed by atoms with van der Waals surface area (Å²) in [6.07, 6.45) is 1.45. The van der Waals surface area contributed by atoms with Crippen LogP contribution in [-0.2, 0) is 12.1 Å². The van der Waals surface area contributed by atoms with Gasteiger partial charge in [0.1, 0.15) is 23.7 Å². The number of tetrazole rings is 1. The highest BCUT2D eigenvalue weighted by molar-refractivity contribution is 5.98. The monoisotopic (exact) mass is 329 g/mol. The highest BCUT2D eigenvalue weighted by Gasteiger charge is 2.57. The van der Waals surface area contributed by atoms with Gasteiger partial charge < -0.3 is 5.11 Å². The molecule has 6 nitrogen and oxygen atoms in total. The van der Waals surface area contributed by atoms with Crippen LogP contribution in [0.3, 0.4) is 0 Å². The average Bonchev–Trinajstić information content (AvgIpc) is 2.98. The zero-order chi connectivity index (χ0) is 17.3. The summed E-state index contributed by atoms with van der Waals surface area (Å²) in [5, 5.41) is 27.6. The minimum Gasteiger partial charge on any atom is -0.377 e. The molecule has 2 rings (SSSR count). The molecule has 0 spiro atoms. The third-order valence-corrected chi connectivity index (χ3v) is 3.22. The minimum absolute atomic E-state index is 0.355. The summed E-state index contributed by atoms with van der Waals surface area (Å²) >= 11 is 0. The first-order valence-corrected chi connectivity index (χ1v) is 6.20. The van der Waals surface area contributed by atoms with E-state index in [1.807, 2.05) is 0 Å². The van der Waals surface area contributed by atoms with E-state index >= 15 is 0 Å². The Morgan fingerprint density at radius 2 is 2.09 bits per heavy atom. The lowest BCUT2D eigenvalue weighted by molar-refractivity contribution is -0.154. The summed E-state index contributed by atoms with van der Waals surface area (Å²) in [6, 6.07) is 1.75. The number of rotatable bonds is 6. The van der Waals surface area contributed by atoms with Crippen molar-refractivity contribution in [1.82, 2.24) is 20.2 Å². The summed E-state index contributed by atoms with van der Waals surface area (Å²) < 4.78 is 56.8. The van der Waals surface area contributed by atoms with E-state index in [1.54, 1.807) is 0 Å². The van der Waals surface area contributed by atoms with Crippen LogP contribution < -0.4 is 0 Å². The van der Waals surface area contributed by atoms with Crippen LogP contribution >= 0.6 is 0 Å². The second kappa shape index (κ2) is 5.88. The van der Waals surface area contributed by atoms with E-state index in [0.717, 1.165) is 17.1 Å². The maximum atomic E-state index is 14.5. The van der Waals surface area contributed by atoms with Crippen molar-refractivity contribution >= 4 is 5.71 Å². The fourth-order valence-corrected chi connectivity index (χ4v) is 2.02. The second-order valence-electron chi connectivity index (χ2n) is 4.68. The fraction of sp³-hybridized carbons (Fsp3) is 0.231. The van der Waals surface area contributed by atoms with Gasteiger partial charge in [-0.3, -0.25) is 5.41 Å². The number of hydrogen-bond acceptors (Lipinski definition) is 5. The minimum atomic E-state index is -4.24. The lowest BCUT2D eigenvalue weighted by atomic mass is 9.84. The molecule has 0 aliphatic rings. The molecule has 1 aromatic heterocycles. The number of allylic oxidation sites excluding steroid dienone is 1. The molecule has 23 heavy (non-hydrogen) atoms. The summed E-state index contributed by atoms with van der Waals surface area (Å²) in [7, 11) is 0. The first-order chi connectivity index (χ1) is 10.7. The third-order valence-electron chi connectivity index (χ3n) is 3.22. The predicted octanol–water partition coefficient (Wildman–Crippen LogP) is 1.68. The van der Waals surface area contributed by atoms with Crippen molar-refractivity contribution in [3.8, 4) is 0 Å². The van der Waals surface area contributed by atoms with Gasteiger partial charge in [0, 0.05) is 11.6 Å². The van der Waals surface area contributed by atoms with Crippen LogP contribution in [0.15, 0.2) is 37.2 Å². The van der Waals surface area contributed by atoms with Gasteiger partial charge in [0.05, 0.1) is 6.54 Å². The Morgan fingerprint density at radius 3 is 2.61 bits per heavy atom. The van der Waals surface area contributed by atoms with Crippen LogP contribution in [0, 0.1) is 17.0 Å². The molecular weight excluding hydrogens is 318 g/mol.